The molecule has 3 rings (SSSR count). The molecule has 1 aliphatic rings. The van der Waals surface area contributed by atoms with Crippen molar-refractivity contribution in [3.8, 4) is 0 Å². The largest absolute Gasteiger partial charge is 0.454 e. The molecule has 2 aromatic carbocycles. The third-order valence-corrected chi connectivity index (χ3v) is 4.85. The third kappa shape index (κ3) is 4.02. The minimum atomic E-state index is -0.887. The normalized spacial score (nSPS) is 17.8. The van der Waals surface area contributed by atoms with Crippen molar-refractivity contribution in [1.29, 1.82) is 0 Å². The molecule has 5 nitrogen and oxygen atoms in total. The van der Waals surface area contributed by atoms with Crippen LogP contribution in [0.1, 0.15) is 23.7 Å². The van der Waals surface area contributed by atoms with Crippen molar-refractivity contribution in [2.45, 2.75) is 19.4 Å². The Hall–Kier alpha value is -2.47. The van der Waals surface area contributed by atoms with Crippen molar-refractivity contribution < 1.29 is 19.1 Å². The van der Waals surface area contributed by atoms with Gasteiger partial charge in [0.05, 0.1) is 5.92 Å². The van der Waals surface area contributed by atoms with E-state index >= 15 is 0 Å². The van der Waals surface area contributed by atoms with E-state index in [1.165, 1.54) is 0 Å². The Balaban J connectivity index is 1.63. The molecule has 0 bridgehead atoms. The first-order valence-electron chi connectivity index (χ1n) is 8.31. The summed E-state index contributed by atoms with van der Waals surface area (Å²) in [5, 5.41) is 0. The number of ether oxygens (including phenoxy) is 1. The number of Topliss-reactive ketones (excluding diaryl/α,β-unsaturated/α-hetero) is 1. The summed E-state index contributed by atoms with van der Waals surface area (Å²) in [7, 11) is 0. The van der Waals surface area contributed by atoms with Gasteiger partial charge in [-0.05, 0) is 31.2 Å². The lowest BCUT2D eigenvalue weighted by Crippen LogP contribution is -2.30. The average Bonchev–Trinajstić information content (AvgIpc) is 3.04. The van der Waals surface area contributed by atoms with Crippen molar-refractivity contribution in [2.24, 2.45) is 5.92 Å². The van der Waals surface area contributed by atoms with Gasteiger partial charge < -0.3 is 9.64 Å². The molecule has 1 amide bonds. The van der Waals surface area contributed by atoms with Gasteiger partial charge in [-0.1, -0.05) is 46.3 Å². The number of nitrogens with zero attached hydrogens (tertiary/aromatic N) is 1. The summed E-state index contributed by atoms with van der Waals surface area (Å²) < 4.78 is 6.24. The lowest BCUT2D eigenvalue weighted by Gasteiger charge is -2.18. The van der Waals surface area contributed by atoms with Crippen LogP contribution in [0.2, 0.25) is 0 Å². The number of anilines is 1. The van der Waals surface area contributed by atoms with Gasteiger partial charge in [-0.15, -0.1) is 0 Å². The highest BCUT2D eigenvalue weighted by molar-refractivity contribution is 9.10. The second kappa shape index (κ2) is 7.83. The van der Waals surface area contributed by atoms with E-state index in [0.29, 0.717) is 5.56 Å². The summed E-state index contributed by atoms with van der Waals surface area (Å²) in [4.78, 5) is 38.6. The number of rotatable bonds is 5. The minimum absolute atomic E-state index is 0.0845. The van der Waals surface area contributed by atoms with E-state index in [-0.39, 0.29) is 24.7 Å². The molecule has 1 aliphatic heterocycles. The first kappa shape index (κ1) is 18.3. The molecular weight excluding hydrogens is 398 g/mol. The quantitative estimate of drug-likeness (QED) is 0.552. The van der Waals surface area contributed by atoms with E-state index in [0.717, 1.165) is 10.2 Å². The van der Waals surface area contributed by atoms with Gasteiger partial charge in [0.15, 0.2) is 6.10 Å². The number of hydrogen-bond acceptors (Lipinski definition) is 4. The highest BCUT2D eigenvalue weighted by Gasteiger charge is 2.37. The van der Waals surface area contributed by atoms with Crippen LogP contribution in [0.3, 0.4) is 0 Å². The fraction of sp³-hybridized carbons (Fsp3) is 0.250. The Morgan fingerprint density at radius 3 is 2.42 bits per heavy atom. The van der Waals surface area contributed by atoms with Crippen LogP contribution in [-0.4, -0.2) is 30.3 Å². The molecule has 0 unspecified atom stereocenters. The lowest BCUT2D eigenvalue weighted by atomic mass is 10.1. The number of hydrogen-bond donors (Lipinski definition) is 0. The van der Waals surface area contributed by atoms with Gasteiger partial charge in [-0.2, -0.15) is 0 Å². The maximum atomic E-state index is 12.4. The van der Waals surface area contributed by atoms with Crippen LogP contribution >= 0.6 is 15.9 Å². The van der Waals surface area contributed by atoms with Gasteiger partial charge in [-0.3, -0.25) is 14.4 Å². The topological polar surface area (TPSA) is 63.7 Å². The first-order chi connectivity index (χ1) is 12.5. The van der Waals surface area contributed by atoms with Crippen LogP contribution in [0.4, 0.5) is 5.69 Å². The molecule has 0 radical (unpaired) electrons. The zero-order chi connectivity index (χ0) is 18.7. The predicted octanol–water partition coefficient (Wildman–Crippen LogP) is 3.62. The average molecular weight is 416 g/mol. The van der Waals surface area contributed by atoms with Crippen molar-refractivity contribution in [1.82, 2.24) is 0 Å². The lowest BCUT2D eigenvalue weighted by molar-refractivity contribution is -0.151. The summed E-state index contributed by atoms with van der Waals surface area (Å²) in [5.41, 5.74) is 1.23. The van der Waals surface area contributed by atoms with Crippen LogP contribution in [-0.2, 0) is 14.3 Å². The predicted molar refractivity (Wildman–Crippen MR) is 101 cm³/mol. The van der Waals surface area contributed by atoms with Gasteiger partial charge in [0.1, 0.15) is 0 Å². The molecule has 26 heavy (non-hydrogen) atoms. The fourth-order valence-electron chi connectivity index (χ4n) is 2.90. The molecule has 2 atom stereocenters. The maximum Gasteiger partial charge on any atom is 0.312 e. The Morgan fingerprint density at radius 1 is 1.12 bits per heavy atom. The molecule has 1 saturated heterocycles. The van der Waals surface area contributed by atoms with Crippen molar-refractivity contribution >= 4 is 39.3 Å². The Bertz CT molecular complexity index is 819. The zero-order valence-electron chi connectivity index (χ0n) is 14.2. The minimum Gasteiger partial charge on any atom is -0.454 e. The van der Waals surface area contributed by atoms with E-state index in [2.05, 4.69) is 15.9 Å². The molecule has 1 fully saturated rings. The number of ketones is 1. The van der Waals surface area contributed by atoms with Crippen molar-refractivity contribution in [3.05, 3.63) is 64.6 Å². The monoisotopic (exact) mass is 415 g/mol. The molecule has 1 heterocycles. The third-order valence-electron chi connectivity index (χ3n) is 4.32. The second-order valence-corrected chi connectivity index (χ2v) is 7.11. The summed E-state index contributed by atoms with van der Waals surface area (Å²) in [6.07, 6.45) is -0.803. The molecule has 0 aromatic heterocycles. The number of amides is 1. The van der Waals surface area contributed by atoms with Gasteiger partial charge in [-0.25, -0.2) is 0 Å². The maximum absolute atomic E-state index is 12.4. The van der Waals surface area contributed by atoms with E-state index in [4.69, 9.17) is 4.74 Å². The van der Waals surface area contributed by atoms with Crippen molar-refractivity contribution in [3.63, 3.8) is 0 Å². The highest BCUT2D eigenvalue weighted by Crippen LogP contribution is 2.27. The summed E-state index contributed by atoms with van der Waals surface area (Å²) in [5.74, 6) is -1.48. The van der Waals surface area contributed by atoms with E-state index in [1.807, 2.05) is 30.3 Å². The molecule has 134 valence electrons. The van der Waals surface area contributed by atoms with Gasteiger partial charge in [0.25, 0.3) is 0 Å². The molecule has 6 heteroatoms. The molecule has 0 saturated carbocycles. The standard InChI is InChI=1S/C20H18BrNO4/c1-13(19(24)14-5-3-2-4-6-14)26-20(25)15-11-18(23)22(12-15)17-9-7-16(21)8-10-17/h2-10,13,15H,11-12H2,1H3/t13-,15-/m1/s1. The molecular formula is C20H18BrNO4. The Labute approximate surface area is 160 Å². The molecule has 0 spiro atoms. The number of carbonyl (C=O) groups is 3. The van der Waals surface area contributed by atoms with Crippen LogP contribution in [0.5, 0.6) is 0 Å². The SMILES string of the molecule is C[C@@H](OC(=O)[C@@H]1CC(=O)N(c2ccc(Br)cc2)C1)C(=O)c1ccccc1. The molecule has 0 aliphatic carbocycles. The molecule has 0 N–H and O–H groups in total. The van der Waals surface area contributed by atoms with Crippen LogP contribution in [0.25, 0.3) is 0 Å². The Kier molecular flexibility index (Phi) is 5.52. The van der Waals surface area contributed by atoms with Crippen LogP contribution in [0, 0.1) is 5.92 Å². The Morgan fingerprint density at radius 2 is 1.77 bits per heavy atom. The van der Waals surface area contributed by atoms with Crippen LogP contribution < -0.4 is 4.90 Å². The summed E-state index contributed by atoms with van der Waals surface area (Å²) >= 11 is 3.35. The van der Waals surface area contributed by atoms with Gasteiger partial charge in [0.2, 0.25) is 11.7 Å². The van der Waals surface area contributed by atoms with Crippen LogP contribution in [0.15, 0.2) is 59.1 Å². The fourth-order valence-corrected chi connectivity index (χ4v) is 3.16. The second-order valence-electron chi connectivity index (χ2n) is 6.19. The summed E-state index contributed by atoms with van der Waals surface area (Å²) in [6.45, 7) is 1.81. The number of carbonyl (C=O) groups excluding carboxylic acids is 3. The number of halogens is 1. The first-order valence-corrected chi connectivity index (χ1v) is 9.10. The van der Waals surface area contributed by atoms with E-state index in [9.17, 15) is 14.4 Å². The smallest absolute Gasteiger partial charge is 0.312 e. The molecule has 2 aromatic rings. The zero-order valence-corrected chi connectivity index (χ0v) is 15.8. The van der Waals surface area contributed by atoms with Gasteiger partial charge >= 0.3 is 5.97 Å². The van der Waals surface area contributed by atoms with Crippen molar-refractivity contribution in [2.75, 3.05) is 11.4 Å². The van der Waals surface area contributed by atoms with E-state index < -0.39 is 18.0 Å². The van der Waals surface area contributed by atoms with Gasteiger partial charge in [0, 0.05) is 28.7 Å². The highest BCUT2D eigenvalue weighted by atomic mass is 79.9. The number of esters is 1. The van der Waals surface area contributed by atoms with E-state index in [1.54, 1.807) is 36.1 Å². The summed E-state index contributed by atoms with van der Waals surface area (Å²) in [6, 6.07) is 16.0. The number of benzene rings is 2.